The normalized spacial score (nSPS) is 12.2. The van der Waals surface area contributed by atoms with Crippen LogP contribution < -0.4 is 0 Å². The Morgan fingerprint density at radius 3 is 2.50 bits per heavy atom. The topological polar surface area (TPSA) is 38.7 Å². The molecule has 0 fully saturated rings. The van der Waals surface area contributed by atoms with Crippen LogP contribution >= 0.6 is 0 Å². The molecule has 0 unspecified atom stereocenters. The summed E-state index contributed by atoms with van der Waals surface area (Å²) in [5.41, 5.74) is 0. The number of hydrogen-bond acceptors (Lipinski definition) is 3. The molecule has 0 N–H and O–H groups in total. The molecule has 46 valence electrons. The first-order valence-corrected chi connectivity index (χ1v) is 2.26. The number of ether oxygens (including phenoxy) is 1. The fourth-order valence-electron chi connectivity index (χ4n) is 0.245. The van der Waals surface area contributed by atoms with Crippen molar-refractivity contribution in [1.82, 2.24) is 0 Å². The molecule has 0 saturated carbocycles. The summed E-state index contributed by atoms with van der Waals surface area (Å²) in [5.74, 6) is -0.347. The smallest absolute Gasteiger partial charge is 0.330 e. The van der Waals surface area contributed by atoms with Gasteiger partial charge in [0, 0.05) is 0 Å². The Morgan fingerprint density at radius 2 is 2.38 bits per heavy atom. The molecule has 0 aromatic carbocycles. The Balaban J connectivity index is 3.62. The highest BCUT2D eigenvalue weighted by molar-refractivity contribution is 5.75. The Bertz CT molecular complexity index is 101. The zero-order chi connectivity index (χ0) is 6.57. The molecule has 3 heteroatoms. The van der Waals surface area contributed by atoms with Crippen molar-refractivity contribution in [3.05, 3.63) is 0 Å². The van der Waals surface area contributed by atoms with E-state index in [1.807, 2.05) is 0 Å². The highest BCUT2D eigenvalue weighted by Gasteiger charge is 2.07. The predicted octanol–water partition coefficient (Wildman–Crippen LogP) is 0.248. The molecule has 1 atom stereocenters. The second kappa shape index (κ2) is 3.18. The quantitative estimate of drug-likeness (QED) is 0.382. The van der Waals surface area contributed by atoms with E-state index in [2.05, 4.69) is 16.4 Å². The standard InChI is InChI=1S/C5H9NO2/c1-4(6-2)5(7)8-3/h4H,2H2,1,3H3/t4-/m1/s1. The van der Waals surface area contributed by atoms with Crippen molar-refractivity contribution in [2.75, 3.05) is 7.11 Å². The van der Waals surface area contributed by atoms with Crippen LogP contribution in [0.1, 0.15) is 6.92 Å². The summed E-state index contributed by atoms with van der Waals surface area (Å²) in [6.45, 7) is 4.80. The summed E-state index contributed by atoms with van der Waals surface area (Å²) < 4.78 is 4.33. The zero-order valence-corrected chi connectivity index (χ0v) is 5.05. The van der Waals surface area contributed by atoms with Crippen molar-refractivity contribution in [2.45, 2.75) is 13.0 Å². The van der Waals surface area contributed by atoms with Gasteiger partial charge in [0.2, 0.25) is 0 Å². The molecule has 0 aliphatic carbocycles. The average Bonchev–Trinajstić information content (AvgIpc) is 1.84. The van der Waals surface area contributed by atoms with E-state index in [-0.39, 0.29) is 5.97 Å². The maximum absolute atomic E-state index is 10.4. The van der Waals surface area contributed by atoms with E-state index in [0.717, 1.165) is 0 Å². The molecule has 3 nitrogen and oxygen atoms in total. The van der Waals surface area contributed by atoms with Crippen LogP contribution in [0.3, 0.4) is 0 Å². The SMILES string of the molecule is C=N[C@H](C)C(=O)OC. The lowest BCUT2D eigenvalue weighted by molar-refractivity contribution is -0.141. The van der Waals surface area contributed by atoms with Crippen molar-refractivity contribution in [1.29, 1.82) is 0 Å². The first-order valence-electron chi connectivity index (χ1n) is 2.26. The van der Waals surface area contributed by atoms with Crippen LogP contribution in [0.4, 0.5) is 0 Å². The van der Waals surface area contributed by atoms with Gasteiger partial charge in [-0.3, -0.25) is 4.99 Å². The maximum Gasteiger partial charge on any atom is 0.330 e. The van der Waals surface area contributed by atoms with Crippen molar-refractivity contribution in [2.24, 2.45) is 4.99 Å². The summed E-state index contributed by atoms with van der Waals surface area (Å²) in [4.78, 5) is 13.8. The summed E-state index contributed by atoms with van der Waals surface area (Å²) in [5, 5.41) is 0. The number of esters is 1. The number of nitrogens with zero attached hydrogens (tertiary/aromatic N) is 1. The van der Waals surface area contributed by atoms with Crippen LogP contribution in [-0.4, -0.2) is 25.8 Å². The van der Waals surface area contributed by atoms with Gasteiger partial charge in [0.1, 0.15) is 6.04 Å². The van der Waals surface area contributed by atoms with Gasteiger partial charge in [-0.1, -0.05) is 0 Å². The number of hydrogen-bond donors (Lipinski definition) is 0. The lowest BCUT2D eigenvalue weighted by Crippen LogP contribution is -2.15. The van der Waals surface area contributed by atoms with Gasteiger partial charge in [0.25, 0.3) is 0 Å². The van der Waals surface area contributed by atoms with Crippen molar-refractivity contribution in [3.8, 4) is 0 Å². The third-order valence-corrected chi connectivity index (χ3v) is 0.816. The first kappa shape index (κ1) is 7.14. The molecule has 0 bridgehead atoms. The third-order valence-electron chi connectivity index (χ3n) is 0.816. The van der Waals surface area contributed by atoms with E-state index >= 15 is 0 Å². The van der Waals surface area contributed by atoms with E-state index in [1.165, 1.54) is 7.11 Å². The fraction of sp³-hybridized carbons (Fsp3) is 0.600. The van der Waals surface area contributed by atoms with E-state index < -0.39 is 6.04 Å². The molecular weight excluding hydrogens is 106 g/mol. The van der Waals surface area contributed by atoms with Crippen LogP contribution in [0.15, 0.2) is 4.99 Å². The zero-order valence-electron chi connectivity index (χ0n) is 5.05. The second-order valence-corrected chi connectivity index (χ2v) is 1.38. The highest BCUT2D eigenvalue weighted by Crippen LogP contribution is 1.88. The van der Waals surface area contributed by atoms with Crippen molar-refractivity contribution >= 4 is 12.7 Å². The molecular formula is C5H9NO2. The molecule has 8 heavy (non-hydrogen) atoms. The molecule has 0 aliphatic rings. The Hall–Kier alpha value is -0.860. The summed E-state index contributed by atoms with van der Waals surface area (Å²) >= 11 is 0. The number of carbonyl (C=O) groups is 1. The van der Waals surface area contributed by atoms with Crippen molar-refractivity contribution in [3.63, 3.8) is 0 Å². The monoisotopic (exact) mass is 115 g/mol. The minimum atomic E-state index is -0.431. The summed E-state index contributed by atoms with van der Waals surface area (Å²) in [6.07, 6.45) is 0. The van der Waals surface area contributed by atoms with E-state index in [1.54, 1.807) is 6.92 Å². The summed E-state index contributed by atoms with van der Waals surface area (Å²) in [7, 11) is 1.32. The molecule has 0 spiro atoms. The van der Waals surface area contributed by atoms with Gasteiger partial charge in [0.15, 0.2) is 0 Å². The van der Waals surface area contributed by atoms with Crippen LogP contribution in [0.5, 0.6) is 0 Å². The van der Waals surface area contributed by atoms with Gasteiger partial charge in [-0.05, 0) is 13.6 Å². The van der Waals surface area contributed by atoms with Crippen LogP contribution in [0.2, 0.25) is 0 Å². The Labute approximate surface area is 48.4 Å². The number of aliphatic imine (C=N–C) groups is 1. The van der Waals surface area contributed by atoms with Crippen LogP contribution in [0, 0.1) is 0 Å². The lowest BCUT2D eigenvalue weighted by Gasteiger charge is -1.99. The Morgan fingerprint density at radius 1 is 1.88 bits per heavy atom. The summed E-state index contributed by atoms with van der Waals surface area (Å²) in [6, 6.07) is -0.431. The van der Waals surface area contributed by atoms with E-state index in [0.29, 0.717) is 0 Å². The molecule has 0 saturated heterocycles. The Kier molecular flexibility index (Phi) is 2.84. The van der Waals surface area contributed by atoms with Gasteiger partial charge in [-0.25, -0.2) is 4.79 Å². The van der Waals surface area contributed by atoms with E-state index in [4.69, 9.17) is 0 Å². The number of methoxy groups -OCH3 is 1. The minimum absolute atomic E-state index is 0.347. The molecule has 0 aromatic rings. The molecule has 0 radical (unpaired) electrons. The number of rotatable bonds is 2. The van der Waals surface area contributed by atoms with E-state index in [9.17, 15) is 4.79 Å². The van der Waals surface area contributed by atoms with Gasteiger partial charge < -0.3 is 4.74 Å². The van der Waals surface area contributed by atoms with Crippen LogP contribution in [0.25, 0.3) is 0 Å². The van der Waals surface area contributed by atoms with Gasteiger partial charge in [-0.15, -0.1) is 0 Å². The molecule has 0 aliphatic heterocycles. The van der Waals surface area contributed by atoms with Crippen LogP contribution in [-0.2, 0) is 9.53 Å². The van der Waals surface area contributed by atoms with Gasteiger partial charge in [0.05, 0.1) is 7.11 Å². The average molecular weight is 115 g/mol. The molecule has 0 amide bonds. The predicted molar refractivity (Wildman–Crippen MR) is 31.0 cm³/mol. The largest absolute Gasteiger partial charge is 0.467 e. The van der Waals surface area contributed by atoms with Crippen molar-refractivity contribution < 1.29 is 9.53 Å². The molecule has 0 heterocycles. The fourth-order valence-corrected chi connectivity index (χ4v) is 0.245. The highest BCUT2D eigenvalue weighted by atomic mass is 16.5. The molecule has 0 aromatic heterocycles. The second-order valence-electron chi connectivity index (χ2n) is 1.38. The first-order chi connectivity index (χ1) is 3.72. The lowest BCUT2D eigenvalue weighted by atomic mass is 10.4. The molecule has 0 rings (SSSR count). The maximum atomic E-state index is 10.4. The van der Waals surface area contributed by atoms with Gasteiger partial charge in [-0.2, -0.15) is 0 Å². The third kappa shape index (κ3) is 1.73. The number of carbonyl (C=O) groups excluding carboxylic acids is 1. The minimum Gasteiger partial charge on any atom is -0.467 e. The van der Waals surface area contributed by atoms with Gasteiger partial charge >= 0.3 is 5.97 Å².